The number of hydrogen-bond donors (Lipinski definition) is 1. The Bertz CT molecular complexity index is 787. The largest absolute Gasteiger partial charge is 0.457 e. The molecule has 0 saturated heterocycles. The van der Waals surface area contributed by atoms with E-state index in [0.717, 1.165) is 32.4 Å². The highest BCUT2D eigenvalue weighted by atomic mass is 79.9. The minimum atomic E-state index is 0.653. The van der Waals surface area contributed by atoms with Gasteiger partial charge in [-0.2, -0.15) is 0 Å². The summed E-state index contributed by atoms with van der Waals surface area (Å²) >= 11 is 3.48. The molecule has 0 spiro atoms. The highest BCUT2D eigenvalue weighted by Gasteiger charge is 2.07. The minimum Gasteiger partial charge on any atom is -0.457 e. The van der Waals surface area contributed by atoms with E-state index in [2.05, 4.69) is 20.9 Å². The van der Waals surface area contributed by atoms with Gasteiger partial charge < -0.3 is 10.5 Å². The SMILES string of the molecule is Cc1cc(Oc2ccnc3c(N)cccc23)ccc1Br. The average Bonchev–Trinajstić information content (AvgIpc) is 2.44. The molecule has 0 fully saturated rings. The van der Waals surface area contributed by atoms with Gasteiger partial charge in [-0.25, -0.2) is 0 Å². The van der Waals surface area contributed by atoms with Gasteiger partial charge in [-0.05, 0) is 48.9 Å². The molecular formula is C16H13BrN2O. The van der Waals surface area contributed by atoms with Gasteiger partial charge in [0.15, 0.2) is 0 Å². The molecule has 20 heavy (non-hydrogen) atoms. The lowest BCUT2D eigenvalue weighted by Gasteiger charge is -2.10. The Balaban J connectivity index is 2.06. The zero-order valence-corrected chi connectivity index (χ0v) is 12.5. The van der Waals surface area contributed by atoms with E-state index < -0.39 is 0 Å². The highest BCUT2D eigenvalue weighted by molar-refractivity contribution is 9.10. The molecule has 0 aliphatic heterocycles. The standard InChI is InChI=1S/C16H13BrN2O/c1-10-9-11(5-6-13(10)17)20-15-7-8-19-16-12(15)3-2-4-14(16)18/h2-9H,18H2,1H3. The van der Waals surface area contributed by atoms with Gasteiger partial charge in [0.1, 0.15) is 11.5 Å². The number of hydrogen-bond acceptors (Lipinski definition) is 3. The van der Waals surface area contributed by atoms with Gasteiger partial charge in [0, 0.05) is 16.1 Å². The molecule has 0 saturated carbocycles. The lowest BCUT2D eigenvalue weighted by Crippen LogP contribution is -1.92. The molecule has 0 atom stereocenters. The van der Waals surface area contributed by atoms with Crippen LogP contribution in [0.25, 0.3) is 10.9 Å². The third kappa shape index (κ3) is 2.34. The highest BCUT2D eigenvalue weighted by Crippen LogP contribution is 2.32. The maximum Gasteiger partial charge on any atom is 0.138 e. The van der Waals surface area contributed by atoms with Gasteiger partial charge in [0.2, 0.25) is 0 Å². The van der Waals surface area contributed by atoms with Crippen molar-refractivity contribution in [3.8, 4) is 11.5 Å². The van der Waals surface area contributed by atoms with Crippen LogP contribution in [-0.2, 0) is 0 Å². The third-order valence-electron chi connectivity index (χ3n) is 3.12. The van der Waals surface area contributed by atoms with E-state index >= 15 is 0 Å². The van der Waals surface area contributed by atoms with Crippen LogP contribution in [0, 0.1) is 6.92 Å². The molecule has 2 aromatic carbocycles. The first-order valence-electron chi connectivity index (χ1n) is 6.22. The molecule has 0 amide bonds. The predicted octanol–water partition coefficient (Wildman–Crippen LogP) is 4.68. The third-order valence-corrected chi connectivity index (χ3v) is 4.01. The second kappa shape index (κ2) is 5.13. The molecule has 4 heteroatoms. The van der Waals surface area contributed by atoms with Crippen LogP contribution in [0.15, 0.2) is 53.1 Å². The zero-order chi connectivity index (χ0) is 14.1. The number of fused-ring (bicyclic) bond motifs is 1. The number of nitrogens with two attached hydrogens (primary N) is 1. The van der Waals surface area contributed by atoms with Crippen molar-refractivity contribution in [2.45, 2.75) is 6.92 Å². The summed E-state index contributed by atoms with van der Waals surface area (Å²) in [5.41, 5.74) is 8.48. The Labute approximate surface area is 125 Å². The fraction of sp³-hybridized carbons (Fsp3) is 0.0625. The maximum atomic E-state index is 5.97. The van der Waals surface area contributed by atoms with E-state index in [1.165, 1.54) is 0 Å². The monoisotopic (exact) mass is 328 g/mol. The van der Waals surface area contributed by atoms with E-state index in [1.807, 2.05) is 49.4 Å². The molecule has 100 valence electrons. The topological polar surface area (TPSA) is 48.1 Å². The van der Waals surface area contributed by atoms with E-state index in [1.54, 1.807) is 6.20 Å². The molecule has 0 radical (unpaired) electrons. The van der Waals surface area contributed by atoms with Gasteiger partial charge in [0.05, 0.1) is 11.2 Å². The Morgan fingerprint density at radius 2 is 2.00 bits per heavy atom. The van der Waals surface area contributed by atoms with Crippen molar-refractivity contribution >= 4 is 32.5 Å². The summed E-state index contributed by atoms with van der Waals surface area (Å²) < 4.78 is 7.03. The van der Waals surface area contributed by atoms with E-state index in [-0.39, 0.29) is 0 Å². The number of anilines is 1. The van der Waals surface area contributed by atoms with Gasteiger partial charge in [-0.3, -0.25) is 4.98 Å². The van der Waals surface area contributed by atoms with Crippen molar-refractivity contribution in [2.75, 3.05) is 5.73 Å². The quantitative estimate of drug-likeness (QED) is 0.695. The zero-order valence-electron chi connectivity index (χ0n) is 10.9. The molecule has 0 aliphatic rings. The molecule has 1 aromatic heterocycles. The van der Waals surface area contributed by atoms with Gasteiger partial charge >= 0.3 is 0 Å². The summed E-state index contributed by atoms with van der Waals surface area (Å²) in [6.45, 7) is 2.03. The van der Waals surface area contributed by atoms with Crippen LogP contribution < -0.4 is 10.5 Å². The number of aryl methyl sites for hydroxylation is 1. The van der Waals surface area contributed by atoms with Crippen LogP contribution >= 0.6 is 15.9 Å². The van der Waals surface area contributed by atoms with Crippen LogP contribution in [0.4, 0.5) is 5.69 Å². The number of ether oxygens (including phenoxy) is 1. The number of nitrogen functional groups attached to an aromatic ring is 1. The summed E-state index contributed by atoms with van der Waals surface area (Å²) in [5, 5.41) is 0.910. The molecule has 0 bridgehead atoms. The molecule has 2 N–H and O–H groups in total. The first-order chi connectivity index (χ1) is 9.65. The number of para-hydroxylation sites is 1. The van der Waals surface area contributed by atoms with Crippen LogP contribution in [-0.4, -0.2) is 4.98 Å². The second-order valence-electron chi connectivity index (χ2n) is 4.57. The lowest BCUT2D eigenvalue weighted by atomic mass is 10.2. The Morgan fingerprint density at radius 1 is 1.15 bits per heavy atom. The molecule has 0 aliphatic carbocycles. The summed E-state index contributed by atoms with van der Waals surface area (Å²) in [4.78, 5) is 4.30. The Kier molecular flexibility index (Phi) is 3.32. The molecule has 3 rings (SSSR count). The Morgan fingerprint density at radius 3 is 2.80 bits per heavy atom. The van der Waals surface area contributed by atoms with Crippen LogP contribution in [0.5, 0.6) is 11.5 Å². The van der Waals surface area contributed by atoms with Crippen molar-refractivity contribution in [3.05, 3.63) is 58.7 Å². The summed E-state index contributed by atoms with van der Waals surface area (Å²) in [5.74, 6) is 1.55. The predicted molar refractivity (Wildman–Crippen MR) is 85.1 cm³/mol. The smallest absolute Gasteiger partial charge is 0.138 e. The number of nitrogens with zero attached hydrogens (tertiary/aromatic N) is 1. The summed E-state index contributed by atoms with van der Waals surface area (Å²) in [6.07, 6.45) is 1.71. The Hall–Kier alpha value is -2.07. The van der Waals surface area contributed by atoms with Gasteiger partial charge in [-0.15, -0.1) is 0 Å². The molecule has 1 heterocycles. The van der Waals surface area contributed by atoms with Crippen LogP contribution in [0.2, 0.25) is 0 Å². The minimum absolute atomic E-state index is 0.653. The normalized spacial score (nSPS) is 10.7. The molecule has 3 aromatic rings. The average molecular weight is 329 g/mol. The summed E-state index contributed by atoms with van der Waals surface area (Å²) in [7, 11) is 0. The van der Waals surface area contributed by atoms with Crippen LogP contribution in [0.3, 0.4) is 0 Å². The fourth-order valence-corrected chi connectivity index (χ4v) is 2.32. The lowest BCUT2D eigenvalue weighted by molar-refractivity contribution is 0.487. The van der Waals surface area contributed by atoms with E-state index in [4.69, 9.17) is 10.5 Å². The van der Waals surface area contributed by atoms with Crippen molar-refractivity contribution in [1.82, 2.24) is 4.98 Å². The molecular weight excluding hydrogens is 316 g/mol. The molecule has 0 unspecified atom stereocenters. The van der Waals surface area contributed by atoms with Crippen LogP contribution in [0.1, 0.15) is 5.56 Å². The number of rotatable bonds is 2. The molecule has 3 nitrogen and oxygen atoms in total. The van der Waals surface area contributed by atoms with Crippen molar-refractivity contribution < 1.29 is 4.74 Å². The van der Waals surface area contributed by atoms with Crippen molar-refractivity contribution in [2.24, 2.45) is 0 Å². The first kappa shape index (κ1) is 12.9. The van der Waals surface area contributed by atoms with Crippen molar-refractivity contribution in [3.63, 3.8) is 0 Å². The number of aromatic nitrogens is 1. The van der Waals surface area contributed by atoms with E-state index in [0.29, 0.717) is 5.69 Å². The summed E-state index contributed by atoms with van der Waals surface area (Å²) in [6, 6.07) is 13.4. The number of halogens is 1. The number of benzene rings is 2. The van der Waals surface area contributed by atoms with E-state index in [9.17, 15) is 0 Å². The van der Waals surface area contributed by atoms with Crippen molar-refractivity contribution in [1.29, 1.82) is 0 Å². The first-order valence-corrected chi connectivity index (χ1v) is 7.01. The van der Waals surface area contributed by atoms with Gasteiger partial charge in [-0.1, -0.05) is 22.0 Å². The maximum absolute atomic E-state index is 5.97. The van der Waals surface area contributed by atoms with Gasteiger partial charge in [0.25, 0.3) is 0 Å². The fourth-order valence-electron chi connectivity index (χ4n) is 2.07. The second-order valence-corrected chi connectivity index (χ2v) is 5.42. The number of pyridine rings is 1.